The van der Waals surface area contributed by atoms with Gasteiger partial charge in [-0.3, -0.25) is 4.79 Å². The molecule has 1 fully saturated rings. The van der Waals surface area contributed by atoms with Crippen LogP contribution in [0.4, 0.5) is 11.5 Å². The highest BCUT2D eigenvalue weighted by atomic mass is 32.2. The van der Waals surface area contributed by atoms with Gasteiger partial charge in [-0.2, -0.15) is 0 Å². The van der Waals surface area contributed by atoms with Crippen LogP contribution < -0.4 is 19.9 Å². The number of rotatable bonds is 8. The molecule has 1 aromatic heterocycles. The number of aromatic nitrogens is 2. The minimum atomic E-state index is -0.0431. The van der Waals surface area contributed by atoms with Crippen LogP contribution in [0.3, 0.4) is 0 Å². The minimum absolute atomic E-state index is 0.0431. The van der Waals surface area contributed by atoms with E-state index in [1.54, 1.807) is 18.9 Å². The number of carbonyl (C=O) groups excluding carboxylic acids is 1. The average Bonchev–Trinajstić information content (AvgIpc) is 2.89. The molecule has 0 atom stereocenters. The molecule has 2 aromatic carbocycles. The number of nitrogens with zero attached hydrogens (tertiary/aromatic N) is 4. The van der Waals surface area contributed by atoms with E-state index in [-0.39, 0.29) is 11.9 Å². The Kier molecular flexibility index (Phi) is 8.36. The van der Waals surface area contributed by atoms with E-state index in [1.807, 2.05) is 50.2 Å². The largest absolute Gasteiger partial charge is 0.497 e. The number of thioether (sulfide) groups is 1. The molecule has 7 nitrogen and oxygen atoms in total. The molecule has 0 saturated carbocycles. The van der Waals surface area contributed by atoms with E-state index >= 15 is 0 Å². The summed E-state index contributed by atoms with van der Waals surface area (Å²) in [5.74, 6) is 2.61. The SMILES string of the molecule is COc1ccc(N2CCN(c3nc(SCc4ccc(C(=O)NC(C)C)cc4)nc(C)c3C)CC2)cc1. The van der Waals surface area contributed by atoms with Crippen LogP contribution in [0.15, 0.2) is 53.7 Å². The fourth-order valence-corrected chi connectivity index (χ4v) is 5.02. The normalized spacial score (nSPS) is 13.7. The van der Waals surface area contributed by atoms with Crippen LogP contribution in [0.25, 0.3) is 0 Å². The van der Waals surface area contributed by atoms with Gasteiger partial charge in [0.1, 0.15) is 11.6 Å². The summed E-state index contributed by atoms with van der Waals surface area (Å²) in [7, 11) is 1.69. The van der Waals surface area contributed by atoms with Gasteiger partial charge >= 0.3 is 0 Å². The molecule has 0 unspecified atom stereocenters. The van der Waals surface area contributed by atoms with E-state index in [0.717, 1.165) is 65.5 Å². The van der Waals surface area contributed by atoms with Crippen molar-refractivity contribution in [3.63, 3.8) is 0 Å². The number of carbonyl (C=O) groups is 1. The number of benzene rings is 2. The molecule has 36 heavy (non-hydrogen) atoms. The molecule has 1 aliphatic rings. The summed E-state index contributed by atoms with van der Waals surface area (Å²) < 4.78 is 5.28. The van der Waals surface area contributed by atoms with Gasteiger partial charge in [-0.25, -0.2) is 9.97 Å². The second-order valence-electron chi connectivity index (χ2n) is 9.33. The monoisotopic (exact) mass is 505 g/mol. The number of aryl methyl sites for hydroxylation is 1. The zero-order valence-electron chi connectivity index (χ0n) is 21.7. The number of anilines is 2. The quantitative estimate of drug-likeness (QED) is 0.346. The van der Waals surface area contributed by atoms with Gasteiger partial charge in [-0.1, -0.05) is 23.9 Å². The molecule has 2 heterocycles. The first kappa shape index (κ1) is 25.8. The van der Waals surface area contributed by atoms with Gasteiger partial charge in [0.25, 0.3) is 5.91 Å². The van der Waals surface area contributed by atoms with Gasteiger partial charge in [-0.15, -0.1) is 0 Å². The zero-order valence-corrected chi connectivity index (χ0v) is 22.6. The van der Waals surface area contributed by atoms with E-state index in [9.17, 15) is 4.79 Å². The van der Waals surface area contributed by atoms with Gasteiger partial charge in [-0.05, 0) is 69.7 Å². The highest BCUT2D eigenvalue weighted by molar-refractivity contribution is 7.98. The zero-order chi connectivity index (χ0) is 25.7. The lowest BCUT2D eigenvalue weighted by Crippen LogP contribution is -2.47. The number of piperazine rings is 1. The number of nitrogens with one attached hydrogen (secondary N) is 1. The number of hydrogen-bond donors (Lipinski definition) is 1. The molecule has 0 radical (unpaired) electrons. The van der Waals surface area contributed by atoms with E-state index in [0.29, 0.717) is 5.56 Å². The molecule has 3 aromatic rings. The summed E-state index contributed by atoms with van der Waals surface area (Å²) in [5.41, 5.74) is 5.18. The lowest BCUT2D eigenvalue weighted by molar-refractivity contribution is 0.0943. The summed E-state index contributed by atoms with van der Waals surface area (Å²) in [6, 6.07) is 16.1. The van der Waals surface area contributed by atoms with Crippen molar-refractivity contribution in [2.45, 2.75) is 44.6 Å². The van der Waals surface area contributed by atoms with Crippen LogP contribution in [0.1, 0.15) is 41.0 Å². The summed E-state index contributed by atoms with van der Waals surface area (Å²) in [6.45, 7) is 11.8. The Hall–Kier alpha value is -3.26. The van der Waals surface area contributed by atoms with Gasteiger partial charge in [0.15, 0.2) is 5.16 Å². The molecule has 0 spiro atoms. The average molecular weight is 506 g/mol. The fourth-order valence-electron chi connectivity index (χ4n) is 4.18. The Balaban J connectivity index is 1.38. The Bertz CT molecular complexity index is 1170. The van der Waals surface area contributed by atoms with E-state index < -0.39 is 0 Å². The van der Waals surface area contributed by atoms with Crippen molar-refractivity contribution in [3.8, 4) is 5.75 Å². The number of methoxy groups -OCH3 is 1. The van der Waals surface area contributed by atoms with Crippen molar-refractivity contribution >= 4 is 29.2 Å². The summed E-state index contributed by atoms with van der Waals surface area (Å²) >= 11 is 1.63. The van der Waals surface area contributed by atoms with Crippen LogP contribution in [0, 0.1) is 13.8 Å². The third kappa shape index (κ3) is 6.29. The summed E-state index contributed by atoms with van der Waals surface area (Å²) in [6.07, 6.45) is 0. The molecular weight excluding hydrogens is 470 g/mol. The molecule has 190 valence electrons. The molecule has 0 aliphatic carbocycles. The topological polar surface area (TPSA) is 70.6 Å². The van der Waals surface area contributed by atoms with Crippen LogP contribution in [-0.4, -0.2) is 55.2 Å². The molecule has 1 aliphatic heterocycles. The van der Waals surface area contributed by atoms with E-state index in [2.05, 4.69) is 41.1 Å². The van der Waals surface area contributed by atoms with Gasteiger partial charge < -0.3 is 19.9 Å². The Labute approximate surface area is 218 Å². The van der Waals surface area contributed by atoms with Crippen molar-refractivity contribution < 1.29 is 9.53 Å². The maximum atomic E-state index is 12.2. The number of hydrogen-bond acceptors (Lipinski definition) is 7. The standard InChI is InChI=1S/C28H35N5O2S/c1-19(2)29-27(34)23-8-6-22(7-9-23)18-36-28-30-21(4)20(3)26(31-28)33-16-14-32(15-17-33)24-10-12-25(35-5)13-11-24/h6-13,19H,14-18H2,1-5H3,(H,29,34). The lowest BCUT2D eigenvalue weighted by atomic mass is 10.1. The van der Waals surface area contributed by atoms with Crippen LogP contribution in [0.5, 0.6) is 5.75 Å². The van der Waals surface area contributed by atoms with E-state index in [1.165, 1.54) is 5.69 Å². The van der Waals surface area contributed by atoms with Crippen molar-refractivity contribution in [1.29, 1.82) is 0 Å². The van der Waals surface area contributed by atoms with Crippen LogP contribution >= 0.6 is 11.8 Å². The molecule has 4 rings (SSSR count). The minimum Gasteiger partial charge on any atom is -0.497 e. The first-order valence-electron chi connectivity index (χ1n) is 12.4. The lowest BCUT2D eigenvalue weighted by Gasteiger charge is -2.37. The first-order chi connectivity index (χ1) is 17.3. The maximum Gasteiger partial charge on any atom is 0.251 e. The predicted molar refractivity (Wildman–Crippen MR) is 148 cm³/mol. The van der Waals surface area contributed by atoms with Gasteiger partial charge in [0.2, 0.25) is 0 Å². The van der Waals surface area contributed by atoms with Gasteiger partial charge in [0.05, 0.1) is 7.11 Å². The molecule has 1 N–H and O–H groups in total. The third-order valence-electron chi connectivity index (χ3n) is 6.36. The van der Waals surface area contributed by atoms with Crippen molar-refractivity contribution in [2.24, 2.45) is 0 Å². The Morgan fingerprint density at radius 2 is 1.61 bits per heavy atom. The van der Waals surface area contributed by atoms with Crippen molar-refractivity contribution in [3.05, 3.63) is 70.9 Å². The highest BCUT2D eigenvalue weighted by Crippen LogP contribution is 2.28. The Morgan fingerprint density at radius 1 is 0.972 bits per heavy atom. The number of amides is 1. The van der Waals surface area contributed by atoms with Crippen LogP contribution in [-0.2, 0) is 5.75 Å². The molecule has 1 saturated heterocycles. The Morgan fingerprint density at radius 3 is 2.22 bits per heavy atom. The smallest absolute Gasteiger partial charge is 0.251 e. The summed E-state index contributed by atoms with van der Waals surface area (Å²) in [4.78, 5) is 26.6. The second-order valence-corrected chi connectivity index (χ2v) is 10.3. The molecule has 0 bridgehead atoms. The van der Waals surface area contributed by atoms with Gasteiger partial charge in [0, 0.05) is 60.5 Å². The molecular formula is C28H35N5O2S. The summed E-state index contributed by atoms with van der Waals surface area (Å²) in [5, 5.41) is 3.71. The fraction of sp³-hybridized carbons (Fsp3) is 0.393. The highest BCUT2D eigenvalue weighted by Gasteiger charge is 2.21. The van der Waals surface area contributed by atoms with Crippen molar-refractivity contribution in [1.82, 2.24) is 15.3 Å². The second kappa shape index (κ2) is 11.6. The molecule has 1 amide bonds. The van der Waals surface area contributed by atoms with Crippen molar-refractivity contribution in [2.75, 3.05) is 43.1 Å². The van der Waals surface area contributed by atoms with E-state index in [4.69, 9.17) is 14.7 Å². The number of ether oxygens (including phenoxy) is 1. The first-order valence-corrected chi connectivity index (χ1v) is 13.3. The van der Waals surface area contributed by atoms with Crippen LogP contribution in [0.2, 0.25) is 0 Å². The maximum absolute atomic E-state index is 12.2. The molecule has 8 heteroatoms. The third-order valence-corrected chi connectivity index (χ3v) is 7.28. The predicted octanol–water partition coefficient (Wildman–Crippen LogP) is 4.86.